The van der Waals surface area contributed by atoms with E-state index in [4.69, 9.17) is 11.6 Å². The normalized spacial score (nSPS) is 14.3. The smallest absolute Gasteiger partial charge is 0.319 e. The molecular weight excluding hydrogens is 324 g/mol. The lowest BCUT2D eigenvalue weighted by molar-refractivity contribution is 0.251. The zero-order valence-electron chi connectivity index (χ0n) is 13.5. The van der Waals surface area contributed by atoms with E-state index >= 15 is 0 Å². The van der Waals surface area contributed by atoms with Crippen molar-refractivity contribution in [3.63, 3.8) is 0 Å². The van der Waals surface area contributed by atoms with Crippen molar-refractivity contribution >= 4 is 29.0 Å². The fourth-order valence-corrected chi connectivity index (χ4v) is 3.04. The Labute approximate surface area is 147 Å². The van der Waals surface area contributed by atoms with Gasteiger partial charge in [-0.25, -0.2) is 4.79 Å². The Hall–Kier alpha value is -2.27. The van der Waals surface area contributed by atoms with E-state index in [1.54, 1.807) is 18.5 Å². The van der Waals surface area contributed by atoms with Crippen LogP contribution in [0.25, 0.3) is 0 Å². The van der Waals surface area contributed by atoms with Crippen LogP contribution in [-0.2, 0) is 6.54 Å². The lowest BCUT2D eigenvalue weighted by Crippen LogP contribution is -2.32. The van der Waals surface area contributed by atoms with E-state index < -0.39 is 0 Å². The van der Waals surface area contributed by atoms with Crippen molar-refractivity contribution in [1.82, 2.24) is 10.3 Å². The fourth-order valence-electron chi connectivity index (χ4n) is 2.87. The molecule has 1 aromatic heterocycles. The van der Waals surface area contributed by atoms with Crippen molar-refractivity contribution in [2.45, 2.75) is 25.8 Å². The van der Waals surface area contributed by atoms with E-state index in [0.29, 0.717) is 11.6 Å². The third-order valence-corrected chi connectivity index (χ3v) is 4.31. The lowest BCUT2D eigenvalue weighted by atomic mass is 10.1. The first-order chi connectivity index (χ1) is 11.7. The maximum Gasteiger partial charge on any atom is 0.319 e. The molecule has 0 radical (unpaired) electrons. The van der Waals surface area contributed by atoms with Gasteiger partial charge < -0.3 is 15.5 Å². The van der Waals surface area contributed by atoms with Gasteiger partial charge in [-0.1, -0.05) is 17.7 Å². The van der Waals surface area contributed by atoms with Gasteiger partial charge in [0.2, 0.25) is 0 Å². The molecule has 24 heavy (non-hydrogen) atoms. The molecule has 1 aliphatic heterocycles. The second kappa shape index (κ2) is 8.02. The molecule has 0 spiro atoms. The van der Waals surface area contributed by atoms with Crippen LogP contribution < -0.4 is 15.5 Å². The molecule has 0 atom stereocenters. The summed E-state index contributed by atoms with van der Waals surface area (Å²) in [5, 5.41) is 6.38. The van der Waals surface area contributed by atoms with Crippen molar-refractivity contribution < 1.29 is 4.79 Å². The van der Waals surface area contributed by atoms with Gasteiger partial charge in [0.1, 0.15) is 0 Å². The standard InChI is InChI=1S/C18H21ClN4O/c19-15-6-7-17(23-9-2-1-3-10-23)16(11-15)22-18(24)21-13-14-5-4-8-20-12-14/h4-8,11-12H,1-3,9-10,13H2,(H2,21,22,24). The molecule has 3 rings (SSSR count). The van der Waals surface area contributed by atoms with Gasteiger partial charge in [0, 0.05) is 37.1 Å². The van der Waals surface area contributed by atoms with E-state index in [2.05, 4.69) is 20.5 Å². The molecule has 2 amide bonds. The largest absolute Gasteiger partial charge is 0.370 e. The first-order valence-corrected chi connectivity index (χ1v) is 8.58. The Morgan fingerprint density at radius 2 is 2.04 bits per heavy atom. The van der Waals surface area contributed by atoms with Crippen molar-refractivity contribution in [2.24, 2.45) is 0 Å². The third-order valence-electron chi connectivity index (χ3n) is 4.08. The Balaban J connectivity index is 1.66. The van der Waals surface area contributed by atoms with E-state index in [9.17, 15) is 4.79 Å². The van der Waals surface area contributed by atoms with E-state index in [0.717, 1.165) is 30.0 Å². The molecule has 1 fully saturated rings. The van der Waals surface area contributed by atoms with E-state index in [1.165, 1.54) is 19.3 Å². The summed E-state index contributed by atoms with van der Waals surface area (Å²) < 4.78 is 0. The maximum atomic E-state index is 12.2. The molecule has 0 aliphatic carbocycles. The van der Waals surface area contributed by atoms with Gasteiger partial charge in [-0.3, -0.25) is 4.98 Å². The number of amides is 2. The average Bonchev–Trinajstić information content (AvgIpc) is 2.62. The molecule has 0 bridgehead atoms. The molecule has 5 nitrogen and oxygen atoms in total. The second-order valence-corrected chi connectivity index (χ2v) is 6.31. The number of nitrogens with zero attached hydrogens (tertiary/aromatic N) is 2. The number of benzene rings is 1. The van der Waals surface area contributed by atoms with Crippen LogP contribution >= 0.6 is 11.6 Å². The molecule has 0 saturated carbocycles. The highest BCUT2D eigenvalue weighted by Crippen LogP contribution is 2.31. The molecule has 2 aromatic rings. The van der Waals surface area contributed by atoms with Gasteiger partial charge in [-0.15, -0.1) is 0 Å². The topological polar surface area (TPSA) is 57.3 Å². The average molecular weight is 345 g/mol. The van der Waals surface area contributed by atoms with Gasteiger partial charge in [-0.2, -0.15) is 0 Å². The number of urea groups is 1. The summed E-state index contributed by atoms with van der Waals surface area (Å²) in [5.41, 5.74) is 2.72. The number of anilines is 2. The van der Waals surface area contributed by atoms with Gasteiger partial charge >= 0.3 is 6.03 Å². The third kappa shape index (κ3) is 4.38. The van der Waals surface area contributed by atoms with Crippen LogP contribution in [0.3, 0.4) is 0 Å². The highest BCUT2D eigenvalue weighted by Gasteiger charge is 2.16. The van der Waals surface area contributed by atoms with Crippen molar-refractivity contribution in [2.75, 3.05) is 23.3 Å². The van der Waals surface area contributed by atoms with Gasteiger partial charge in [0.15, 0.2) is 0 Å². The predicted molar refractivity (Wildman–Crippen MR) is 97.6 cm³/mol. The SMILES string of the molecule is O=C(NCc1cccnc1)Nc1cc(Cl)ccc1N1CCCCC1. The number of halogens is 1. The molecule has 2 heterocycles. The highest BCUT2D eigenvalue weighted by atomic mass is 35.5. The summed E-state index contributed by atoms with van der Waals surface area (Å²) in [7, 11) is 0. The van der Waals surface area contributed by atoms with Crippen molar-refractivity contribution in [1.29, 1.82) is 0 Å². The Kier molecular flexibility index (Phi) is 5.54. The summed E-state index contributed by atoms with van der Waals surface area (Å²) >= 11 is 6.11. The number of rotatable bonds is 4. The van der Waals surface area contributed by atoms with Gasteiger partial charge in [-0.05, 0) is 49.1 Å². The van der Waals surface area contributed by atoms with Gasteiger partial charge in [0.05, 0.1) is 11.4 Å². The van der Waals surface area contributed by atoms with Crippen LogP contribution in [0, 0.1) is 0 Å². The highest BCUT2D eigenvalue weighted by molar-refractivity contribution is 6.31. The molecule has 1 aromatic carbocycles. The van der Waals surface area contributed by atoms with Crippen LogP contribution in [0.2, 0.25) is 5.02 Å². The zero-order valence-corrected chi connectivity index (χ0v) is 14.2. The van der Waals surface area contributed by atoms with E-state index in [-0.39, 0.29) is 6.03 Å². The van der Waals surface area contributed by atoms with Crippen LogP contribution in [-0.4, -0.2) is 24.1 Å². The first kappa shape index (κ1) is 16.6. The maximum absolute atomic E-state index is 12.2. The quantitative estimate of drug-likeness (QED) is 0.879. The minimum atomic E-state index is -0.251. The summed E-state index contributed by atoms with van der Waals surface area (Å²) in [6.45, 7) is 2.44. The van der Waals surface area contributed by atoms with Gasteiger partial charge in [0.25, 0.3) is 0 Å². The summed E-state index contributed by atoms with van der Waals surface area (Å²) in [4.78, 5) is 18.6. The summed E-state index contributed by atoms with van der Waals surface area (Å²) in [6.07, 6.45) is 7.06. The molecule has 2 N–H and O–H groups in total. The molecule has 1 saturated heterocycles. The minimum absolute atomic E-state index is 0.251. The molecule has 0 unspecified atom stereocenters. The van der Waals surface area contributed by atoms with E-state index in [1.807, 2.05) is 24.3 Å². The van der Waals surface area contributed by atoms with Crippen molar-refractivity contribution in [3.05, 3.63) is 53.3 Å². The molecule has 126 valence electrons. The minimum Gasteiger partial charge on any atom is -0.370 e. The van der Waals surface area contributed by atoms with Crippen molar-refractivity contribution in [3.8, 4) is 0 Å². The number of carbonyl (C=O) groups is 1. The molecule has 1 aliphatic rings. The number of carbonyl (C=O) groups excluding carboxylic acids is 1. The Morgan fingerprint density at radius 1 is 1.21 bits per heavy atom. The number of pyridine rings is 1. The number of nitrogens with one attached hydrogen (secondary N) is 2. The molecular formula is C18H21ClN4O. The number of hydrogen-bond acceptors (Lipinski definition) is 3. The Bertz CT molecular complexity index is 687. The molecule has 6 heteroatoms. The number of hydrogen-bond donors (Lipinski definition) is 2. The first-order valence-electron chi connectivity index (χ1n) is 8.20. The fraction of sp³-hybridized carbons (Fsp3) is 0.333. The summed E-state index contributed by atoms with van der Waals surface area (Å²) in [5.74, 6) is 0. The van der Waals surface area contributed by atoms with Crippen LogP contribution in [0.5, 0.6) is 0 Å². The Morgan fingerprint density at radius 3 is 2.79 bits per heavy atom. The summed E-state index contributed by atoms with van der Waals surface area (Å²) in [6, 6.07) is 9.16. The predicted octanol–water partition coefficient (Wildman–Crippen LogP) is 4.05. The van der Waals surface area contributed by atoms with Crippen LogP contribution in [0.4, 0.5) is 16.2 Å². The number of piperidine rings is 1. The lowest BCUT2D eigenvalue weighted by Gasteiger charge is -2.30. The van der Waals surface area contributed by atoms with Crippen LogP contribution in [0.15, 0.2) is 42.7 Å². The second-order valence-electron chi connectivity index (χ2n) is 5.88. The number of aromatic nitrogens is 1. The van der Waals surface area contributed by atoms with Crippen LogP contribution in [0.1, 0.15) is 24.8 Å². The zero-order chi connectivity index (χ0) is 16.8. The monoisotopic (exact) mass is 344 g/mol.